The van der Waals surface area contributed by atoms with Crippen LogP contribution < -0.4 is 0 Å². The zero-order chi connectivity index (χ0) is 33.9. The first-order valence-electron chi connectivity index (χ1n) is 17.7. The van der Waals surface area contributed by atoms with E-state index in [9.17, 15) is 0 Å². The van der Waals surface area contributed by atoms with E-state index in [1.807, 2.05) is 34.0 Å². The lowest BCUT2D eigenvalue weighted by molar-refractivity contribution is 0.0480. The average Bonchev–Trinajstić information content (AvgIpc) is 3.92. The fourth-order valence-electron chi connectivity index (χ4n) is 5.13. The third-order valence-electron chi connectivity index (χ3n) is 8.04. The Morgan fingerprint density at radius 2 is 0.796 bits per heavy atom. The summed E-state index contributed by atoms with van der Waals surface area (Å²) in [5, 5.41) is 0. The van der Waals surface area contributed by atoms with Crippen molar-refractivity contribution >= 4 is 46.2 Å². The van der Waals surface area contributed by atoms with Gasteiger partial charge in [-0.25, -0.2) is 0 Å². The fraction of sp³-hybridized carbons (Fsp3) is 0.381. The molecule has 0 fully saturated rings. The molecule has 0 spiro atoms. The number of unbranched alkanes of at least 4 members (excludes halogenated alkanes) is 2. The molecule has 0 atom stereocenters. The summed E-state index contributed by atoms with van der Waals surface area (Å²) >= 11 is 5.57. The Hall–Kier alpha value is -2.88. The van der Waals surface area contributed by atoms with Crippen LogP contribution >= 0.6 is 34.0 Å². The molecule has 0 amide bonds. The second-order valence-corrected chi connectivity index (χ2v) is 15.4. The van der Waals surface area contributed by atoms with Gasteiger partial charge in [-0.1, -0.05) is 87.4 Å². The average molecular weight is 715 g/mol. The van der Waals surface area contributed by atoms with Gasteiger partial charge in [0.15, 0.2) is 0 Å². The maximum Gasteiger partial charge on any atom is 0.0700 e. The standard InChI is InChI=1S/C42H50O4S3/c1-3-5-25-43-29-31-45-27-23-37-17-19-39(47-37)35-13-9-33(10-14-35)7-8-34-11-15-36(16-12-34)40-21-22-42(49-40)41-20-18-38(48-41)24-28-46-32-30-44-26-6-4-2/h7-22H,3-6,23-32H2,1-2H3. The maximum atomic E-state index is 5.77. The summed E-state index contributed by atoms with van der Waals surface area (Å²) in [5.41, 5.74) is 4.90. The molecule has 3 aromatic heterocycles. The molecule has 5 rings (SSSR count). The van der Waals surface area contributed by atoms with E-state index in [1.165, 1.54) is 64.4 Å². The van der Waals surface area contributed by atoms with Gasteiger partial charge >= 0.3 is 0 Å². The summed E-state index contributed by atoms with van der Waals surface area (Å²) in [7, 11) is 0. The number of hydrogen-bond donors (Lipinski definition) is 0. The molecule has 2 aromatic carbocycles. The van der Waals surface area contributed by atoms with Crippen molar-refractivity contribution < 1.29 is 18.9 Å². The number of ether oxygens (including phenoxy) is 4. The molecule has 7 heteroatoms. The van der Waals surface area contributed by atoms with Gasteiger partial charge in [0.2, 0.25) is 0 Å². The Morgan fingerprint density at radius 3 is 1.31 bits per heavy atom. The van der Waals surface area contributed by atoms with Gasteiger partial charge in [-0.3, -0.25) is 0 Å². The first kappa shape index (κ1) is 37.4. The van der Waals surface area contributed by atoms with Gasteiger partial charge in [-0.05, 0) is 71.5 Å². The molecule has 49 heavy (non-hydrogen) atoms. The monoisotopic (exact) mass is 714 g/mol. The molecule has 0 radical (unpaired) electrons. The van der Waals surface area contributed by atoms with Crippen molar-refractivity contribution in [1.82, 2.24) is 0 Å². The Morgan fingerprint density at radius 1 is 0.408 bits per heavy atom. The third kappa shape index (κ3) is 12.7. The van der Waals surface area contributed by atoms with Gasteiger partial charge in [-0.15, -0.1) is 34.0 Å². The zero-order valence-electron chi connectivity index (χ0n) is 29.0. The molecule has 0 unspecified atom stereocenters. The van der Waals surface area contributed by atoms with Crippen molar-refractivity contribution in [3.63, 3.8) is 0 Å². The smallest absolute Gasteiger partial charge is 0.0700 e. The van der Waals surface area contributed by atoms with Crippen LogP contribution in [0.5, 0.6) is 0 Å². The number of benzene rings is 2. The number of hydrogen-bond acceptors (Lipinski definition) is 7. The maximum absolute atomic E-state index is 5.77. The number of rotatable bonds is 23. The van der Waals surface area contributed by atoms with Crippen LogP contribution in [0.3, 0.4) is 0 Å². The van der Waals surface area contributed by atoms with Crippen molar-refractivity contribution in [3.8, 4) is 30.6 Å². The van der Waals surface area contributed by atoms with E-state index in [0.29, 0.717) is 26.4 Å². The second-order valence-electron chi connectivity index (χ2n) is 11.9. The van der Waals surface area contributed by atoms with Crippen LogP contribution in [0.25, 0.3) is 42.8 Å². The Balaban J connectivity index is 1.04. The predicted molar refractivity (Wildman–Crippen MR) is 212 cm³/mol. The van der Waals surface area contributed by atoms with Gasteiger partial charge in [0, 0.05) is 55.3 Å². The molecule has 260 valence electrons. The van der Waals surface area contributed by atoms with E-state index in [0.717, 1.165) is 52.1 Å². The van der Waals surface area contributed by atoms with Crippen LogP contribution in [-0.2, 0) is 31.8 Å². The highest BCUT2D eigenvalue weighted by atomic mass is 32.1. The van der Waals surface area contributed by atoms with E-state index in [4.69, 9.17) is 18.9 Å². The van der Waals surface area contributed by atoms with Crippen LogP contribution in [-0.4, -0.2) is 52.9 Å². The highest BCUT2D eigenvalue weighted by Gasteiger charge is 2.09. The molecular weight excluding hydrogens is 665 g/mol. The first-order valence-corrected chi connectivity index (χ1v) is 20.1. The van der Waals surface area contributed by atoms with Gasteiger partial charge in [0.05, 0.1) is 39.6 Å². The van der Waals surface area contributed by atoms with Crippen molar-refractivity contribution in [3.05, 3.63) is 106 Å². The van der Waals surface area contributed by atoms with Crippen LogP contribution in [0.4, 0.5) is 0 Å². The molecule has 0 aliphatic heterocycles. The SMILES string of the molecule is CCCCOCCOCCc1ccc(-c2ccc(C=Cc3ccc(-c4ccc(-c5ccc(CCOCCOCCCC)s5)s4)cc3)cc2)s1. The van der Waals surface area contributed by atoms with E-state index in [2.05, 4.69) is 111 Å². The molecule has 0 N–H and O–H groups in total. The quantitative estimate of drug-likeness (QED) is 0.0499. The summed E-state index contributed by atoms with van der Waals surface area (Å²) in [5.74, 6) is 0. The lowest BCUT2D eigenvalue weighted by Gasteiger charge is -2.04. The first-order chi connectivity index (χ1) is 24.2. The highest BCUT2D eigenvalue weighted by Crippen LogP contribution is 2.38. The fourth-order valence-corrected chi connectivity index (χ4v) is 8.21. The summed E-state index contributed by atoms with van der Waals surface area (Å²) in [6.45, 7) is 10.2. The minimum absolute atomic E-state index is 0.668. The van der Waals surface area contributed by atoms with Crippen LogP contribution in [0.1, 0.15) is 60.4 Å². The van der Waals surface area contributed by atoms with Crippen molar-refractivity contribution in [1.29, 1.82) is 0 Å². The molecule has 4 nitrogen and oxygen atoms in total. The molecule has 0 aliphatic carbocycles. The largest absolute Gasteiger partial charge is 0.379 e. The van der Waals surface area contributed by atoms with Crippen molar-refractivity contribution in [2.75, 3.05) is 52.9 Å². The highest BCUT2D eigenvalue weighted by molar-refractivity contribution is 7.23. The zero-order valence-corrected chi connectivity index (χ0v) is 31.4. The van der Waals surface area contributed by atoms with E-state index < -0.39 is 0 Å². The van der Waals surface area contributed by atoms with Crippen LogP contribution in [0.15, 0.2) is 84.9 Å². The van der Waals surface area contributed by atoms with Crippen LogP contribution in [0.2, 0.25) is 0 Å². The Kier molecular flexibility index (Phi) is 16.3. The van der Waals surface area contributed by atoms with E-state index >= 15 is 0 Å². The second kappa shape index (κ2) is 21.4. The Labute approximate surface area is 305 Å². The third-order valence-corrected chi connectivity index (χ3v) is 11.7. The Bertz CT molecular complexity index is 1650. The van der Waals surface area contributed by atoms with Crippen molar-refractivity contribution in [2.24, 2.45) is 0 Å². The molecular formula is C42H50O4S3. The van der Waals surface area contributed by atoms with Crippen molar-refractivity contribution in [2.45, 2.75) is 52.4 Å². The summed E-state index contributed by atoms with van der Waals surface area (Å²) in [4.78, 5) is 7.94. The lowest BCUT2D eigenvalue weighted by atomic mass is 10.1. The van der Waals surface area contributed by atoms with Gasteiger partial charge in [-0.2, -0.15) is 0 Å². The summed E-state index contributed by atoms with van der Waals surface area (Å²) in [6.07, 6.45) is 10.8. The van der Waals surface area contributed by atoms with Crippen LogP contribution in [0, 0.1) is 0 Å². The minimum atomic E-state index is 0.668. The molecule has 0 saturated carbocycles. The summed E-state index contributed by atoms with van der Waals surface area (Å²) < 4.78 is 22.7. The molecule has 3 heterocycles. The van der Waals surface area contributed by atoms with E-state index in [-0.39, 0.29) is 0 Å². The predicted octanol–water partition coefficient (Wildman–Crippen LogP) is 11.8. The van der Waals surface area contributed by atoms with Gasteiger partial charge in [0.1, 0.15) is 0 Å². The number of thiophene rings is 3. The molecule has 0 aliphatic rings. The summed E-state index contributed by atoms with van der Waals surface area (Å²) in [6, 6.07) is 31.1. The minimum Gasteiger partial charge on any atom is -0.379 e. The van der Waals surface area contributed by atoms with Gasteiger partial charge in [0.25, 0.3) is 0 Å². The normalized spacial score (nSPS) is 11.6. The van der Waals surface area contributed by atoms with E-state index in [1.54, 1.807) is 0 Å². The molecule has 0 bridgehead atoms. The molecule has 5 aromatic rings. The molecule has 0 saturated heterocycles. The van der Waals surface area contributed by atoms with Gasteiger partial charge < -0.3 is 18.9 Å². The lowest BCUT2D eigenvalue weighted by Crippen LogP contribution is -2.07. The topological polar surface area (TPSA) is 36.9 Å².